The van der Waals surface area contributed by atoms with Gasteiger partial charge in [0, 0.05) is 24.2 Å². The number of carbonyl (C=O) groups excluding carboxylic acids is 1. The summed E-state index contributed by atoms with van der Waals surface area (Å²) in [6.07, 6.45) is 0.609. The maximum absolute atomic E-state index is 13.1. The third kappa shape index (κ3) is 4.06. The number of furan rings is 1. The highest BCUT2D eigenvalue weighted by Crippen LogP contribution is 2.30. The van der Waals surface area contributed by atoms with Crippen LogP contribution in [0.3, 0.4) is 0 Å². The van der Waals surface area contributed by atoms with E-state index in [4.69, 9.17) is 9.15 Å². The zero-order valence-electron chi connectivity index (χ0n) is 18.9. The number of sulfonamides is 1. The maximum Gasteiger partial charge on any atom is 0.291 e. The van der Waals surface area contributed by atoms with Crippen molar-refractivity contribution in [3.05, 3.63) is 89.2 Å². The number of nitrogens with zero attached hydrogens (tertiary/aromatic N) is 1. The van der Waals surface area contributed by atoms with Crippen LogP contribution in [0.5, 0.6) is 5.75 Å². The molecule has 1 amide bonds. The number of methoxy groups -OCH3 is 1. The Kier molecular flexibility index (Phi) is 5.63. The minimum atomic E-state index is -3.60. The number of nitrogens with one attached hydrogen (secondary N) is 1. The van der Waals surface area contributed by atoms with E-state index in [2.05, 4.69) is 5.32 Å². The summed E-state index contributed by atoms with van der Waals surface area (Å²) in [6.45, 7) is 2.58. The molecule has 0 bridgehead atoms. The number of fused-ring (bicyclic) bond motifs is 2. The first-order valence-corrected chi connectivity index (χ1v) is 12.4. The van der Waals surface area contributed by atoms with Crippen molar-refractivity contribution < 1.29 is 22.4 Å². The first-order valence-electron chi connectivity index (χ1n) is 10.9. The predicted octanol–water partition coefficient (Wildman–Crippen LogP) is 4.75. The Balaban J connectivity index is 1.36. The lowest BCUT2D eigenvalue weighted by Gasteiger charge is -2.28. The van der Waals surface area contributed by atoms with E-state index in [1.165, 1.54) is 4.31 Å². The van der Waals surface area contributed by atoms with Crippen LogP contribution in [-0.4, -0.2) is 32.3 Å². The van der Waals surface area contributed by atoms with Crippen molar-refractivity contribution in [2.24, 2.45) is 0 Å². The molecule has 1 aromatic heterocycles. The molecule has 0 aliphatic carbocycles. The molecule has 1 N–H and O–H groups in total. The second-order valence-corrected chi connectivity index (χ2v) is 10.3. The lowest BCUT2D eigenvalue weighted by atomic mass is 10.0. The van der Waals surface area contributed by atoms with Crippen LogP contribution in [0.25, 0.3) is 11.0 Å². The Labute approximate surface area is 198 Å². The number of para-hydroxylation sites is 1. The molecule has 0 fully saturated rings. The lowest BCUT2D eigenvalue weighted by Crippen LogP contribution is -2.36. The van der Waals surface area contributed by atoms with Crippen LogP contribution in [0.1, 0.15) is 27.2 Å². The van der Waals surface area contributed by atoms with Gasteiger partial charge in [-0.05, 0) is 60.9 Å². The molecule has 0 saturated heterocycles. The molecule has 8 heteroatoms. The largest absolute Gasteiger partial charge is 0.493 e. The van der Waals surface area contributed by atoms with E-state index < -0.39 is 15.9 Å². The summed E-state index contributed by atoms with van der Waals surface area (Å²) >= 11 is 0. The quantitative estimate of drug-likeness (QED) is 0.449. The molecule has 1 aliphatic heterocycles. The SMILES string of the molecule is COc1cccc2cc(C(=O)Nc3ccc4c(c3)CN(S(=O)(=O)c3ccc(C)cc3)CC4)oc12. The van der Waals surface area contributed by atoms with Crippen LogP contribution in [0.4, 0.5) is 5.69 Å². The molecule has 174 valence electrons. The van der Waals surface area contributed by atoms with Crippen molar-refractivity contribution in [3.63, 3.8) is 0 Å². The second-order valence-electron chi connectivity index (χ2n) is 8.33. The van der Waals surface area contributed by atoms with Gasteiger partial charge in [-0.15, -0.1) is 0 Å². The molecule has 0 unspecified atom stereocenters. The average molecular weight is 477 g/mol. The molecule has 0 radical (unpaired) electrons. The highest BCUT2D eigenvalue weighted by molar-refractivity contribution is 7.89. The summed E-state index contributed by atoms with van der Waals surface area (Å²) in [7, 11) is -2.05. The summed E-state index contributed by atoms with van der Waals surface area (Å²) in [4.78, 5) is 13.1. The fourth-order valence-corrected chi connectivity index (χ4v) is 5.59. The van der Waals surface area contributed by atoms with Gasteiger partial charge in [-0.3, -0.25) is 4.79 Å². The summed E-state index contributed by atoms with van der Waals surface area (Å²) in [6, 6.07) is 19.6. The number of amides is 1. The van der Waals surface area contributed by atoms with E-state index in [-0.39, 0.29) is 17.2 Å². The Morgan fingerprint density at radius 3 is 2.59 bits per heavy atom. The van der Waals surface area contributed by atoms with Gasteiger partial charge in [0.2, 0.25) is 10.0 Å². The van der Waals surface area contributed by atoms with E-state index in [1.807, 2.05) is 37.3 Å². The van der Waals surface area contributed by atoms with Crippen molar-refractivity contribution >= 4 is 32.6 Å². The first-order chi connectivity index (χ1) is 16.3. The smallest absolute Gasteiger partial charge is 0.291 e. The van der Waals surface area contributed by atoms with Crippen LogP contribution in [0, 0.1) is 6.92 Å². The summed E-state index contributed by atoms with van der Waals surface area (Å²) in [5, 5.41) is 3.63. The van der Waals surface area contributed by atoms with Gasteiger partial charge < -0.3 is 14.5 Å². The molecule has 4 aromatic rings. The molecule has 34 heavy (non-hydrogen) atoms. The first kappa shape index (κ1) is 22.2. The van der Waals surface area contributed by atoms with E-state index >= 15 is 0 Å². The number of hydrogen-bond donors (Lipinski definition) is 1. The van der Waals surface area contributed by atoms with Gasteiger partial charge in [-0.25, -0.2) is 8.42 Å². The number of aryl methyl sites for hydroxylation is 1. The minimum absolute atomic E-state index is 0.167. The van der Waals surface area contributed by atoms with Crippen LogP contribution in [-0.2, 0) is 23.0 Å². The van der Waals surface area contributed by atoms with Crippen LogP contribution < -0.4 is 10.1 Å². The van der Waals surface area contributed by atoms with Gasteiger partial charge in [0.15, 0.2) is 17.1 Å². The fraction of sp³-hybridized carbons (Fsp3) is 0.192. The van der Waals surface area contributed by atoms with Gasteiger partial charge in [0.25, 0.3) is 5.91 Å². The van der Waals surface area contributed by atoms with E-state index in [1.54, 1.807) is 43.5 Å². The van der Waals surface area contributed by atoms with Gasteiger partial charge >= 0.3 is 0 Å². The van der Waals surface area contributed by atoms with Crippen molar-refractivity contribution in [1.82, 2.24) is 4.31 Å². The number of ether oxygens (including phenoxy) is 1. The van der Waals surface area contributed by atoms with E-state index in [9.17, 15) is 13.2 Å². The highest BCUT2D eigenvalue weighted by Gasteiger charge is 2.28. The molecule has 2 heterocycles. The summed E-state index contributed by atoms with van der Waals surface area (Å²) < 4.78 is 38.8. The fourth-order valence-electron chi connectivity index (χ4n) is 4.18. The van der Waals surface area contributed by atoms with Gasteiger partial charge in [0.1, 0.15) is 0 Å². The molecular weight excluding hydrogens is 452 g/mol. The summed E-state index contributed by atoms with van der Waals surface area (Å²) in [5.41, 5.74) is 4.03. The zero-order valence-corrected chi connectivity index (χ0v) is 19.7. The van der Waals surface area contributed by atoms with Crippen molar-refractivity contribution in [2.45, 2.75) is 24.8 Å². The Morgan fingerprint density at radius 2 is 1.82 bits per heavy atom. The third-order valence-corrected chi connectivity index (χ3v) is 7.91. The molecule has 3 aromatic carbocycles. The Morgan fingerprint density at radius 1 is 1.03 bits per heavy atom. The van der Waals surface area contributed by atoms with Gasteiger partial charge in [0.05, 0.1) is 12.0 Å². The number of anilines is 1. The molecule has 7 nitrogen and oxygen atoms in total. The van der Waals surface area contributed by atoms with Crippen LogP contribution in [0.2, 0.25) is 0 Å². The van der Waals surface area contributed by atoms with E-state index in [0.29, 0.717) is 30.0 Å². The normalized spacial score (nSPS) is 14.1. The Bertz CT molecular complexity index is 1490. The average Bonchev–Trinajstić information content (AvgIpc) is 3.29. The number of rotatable bonds is 5. The van der Waals surface area contributed by atoms with Crippen molar-refractivity contribution in [1.29, 1.82) is 0 Å². The second kappa shape index (κ2) is 8.62. The molecule has 0 saturated carbocycles. The standard InChI is InChI=1S/C26H24N2O5S/c1-17-6-10-22(11-7-17)34(30,31)28-13-12-18-8-9-21(14-20(18)16-28)27-26(29)24-15-19-4-3-5-23(32-2)25(19)33-24/h3-11,14-15H,12-13,16H2,1-2H3,(H,27,29). The number of hydrogen-bond acceptors (Lipinski definition) is 5. The minimum Gasteiger partial charge on any atom is -0.493 e. The van der Waals surface area contributed by atoms with Gasteiger partial charge in [-0.2, -0.15) is 4.31 Å². The maximum atomic E-state index is 13.1. The molecule has 0 spiro atoms. The topological polar surface area (TPSA) is 88.9 Å². The molecule has 0 atom stereocenters. The Hall–Kier alpha value is -3.62. The molecule has 5 rings (SSSR count). The van der Waals surface area contributed by atoms with E-state index in [0.717, 1.165) is 22.1 Å². The predicted molar refractivity (Wildman–Crippen MR) is 130 cm³/mol. The zero-order chi connectivity index (χ0) is 23.9. The highest BCUT2D eigenvalue weighted by atomic mass is 32.2. The van der Waals surface area contributed by atoms with Crippen LogP contribution >= 0.6 is 0 Å². The lowest BCUT2D eigenvalue weighted by molar-refractivity contribution is 0.0998. The molecule has 1 aliphatic rings. The summed E-state index contributed by atoms with van der Waals surface area (Å²) in [5.74, 6) is 0.333. The van der Waals surface area contributed by atoms with Crippen molar-refractivity contribution in [3.8, 4) is 5.75 Å². The van der Waals surface area contributed by atoms with Crippen molar-refractivity contribution in [2.75, 3.05) is 19.0 Å². The van der Waals surface area contributed by atoms with Crippen LogP contribution in [0.15, 0.2) is 76.0 Å². The monoisotopic (exact) mass is 476 g/mol. The third-order valence-electron chi connectivity index (χ3n) is 6.05. The number of carbonyl (C=O) groups is 1. The van der Waals surface area contributed by atoms with Gasteiger partial charge in [-0.1, -0.05) is 35.9 Å². The number of benzene rings is 3. The molecular formula is C26H24N2O5S.